The van der Waals surface area contributed by atoms with E-state index in [-0.39, 0.29) is 18.4 Å². The minimum Gasteiger partial charge on any atom is -0.481 e. The Balaban J connectivity index is 1.56. The van der Waals surface area contributed by atoms with Gasteiger partial charge in [0, 0.05) is 38.1 Å². The Kier molecular flexibility index (Phi) is 4.20. The van der Waals surface area contributed by atoms with Crippen molar-refractivity contribution in [2.75, 3.05) is 26.2 Å². The van der Waals surface area contributed by atoms with Crippen LogP contribution in [0.25, 0.3) is 0 Å². The fraction of sp³-hybridized carbons (Fsp3) is 0.550. The summed E-state index contributed by atoms with van der Waals surface area (Å²) in [5.74, 6) is -1.07. The molecule has 1 amide bonds. The van der Waals surface area contributed by atoms with Crippen LogP contribution in [0.3, 0.4) is 0 Å². The number of benzene rings is 1. The van der Waals surface area contributed by atoms with Gasteiger partial charge >= 0.3 is 5.97 Å². The molecule has 1 saturated carbocycles. The second kappa shape index (κ2) is 6.40. The Bertz CT molecular complexity index is 781. The molecule has 6 heteroatoms. The van der Waals surface area contributed by atoms with E-state index in [1.165, 1.54) is 12.8 Å². The van der Waals surface area contributed by atoms with E-state index in [2.05, 4.69) is 11.0 Å². The fourth-order valence-electron chi connectivity index (χ4n) is 5.05. The van der Waals surface area contributed by atoms with Crippen LogP contribution in [-0.2, 0) is 4.79 Å². The van der Waals surface area contributed by atoms with Gasteiger partial charge in [-0.05, 0) is 25.0 Å². The number of nitrogens with zero attached hydrogens (tertiary/aromatic N) is 3. The lowest BCUT2D eigenvalue weighted by molar-refractivity contribution is -0.148. The zero-order chi connectivity index (χ0) is 18.3. The Labute approximate surface area is 153 Å². The van der Waals surface area contributed by atoms with Crippen molar-refractivity contribution < 1.29 is 14.7 Å². The molecule has 6 nitrogen and oxygen atoms in total. The maximum atomic E-state index is 12.9. The van der Waals surface area contributed by atoms with Crippen LogP contribution in [0.15, 0.2) is 24.3 Å². The molecule has 3 fully saturated rings. The molecule has 2 atom stereocenters. The predicted octanol–water partition coefficient (Wildman–Crippen LogP) is 1.96. The number of carbonyl (C=O) groups excluding carboxylic acids is 1. The van der Waals surface area contributed by atoms with Crippen molar-refractivity contribution in [2.45, 2.75) is 31.7 Å². The van der Waals surface area contributed by atoms with Gasteiger partial charge in [0.05, 0.1) is 17.2 Å². The molecule has 0 radical (unpaired) electrons. The Morgan fingerprint density at radius 2 is 1.88 bits per heavy atom. The summed E-state index contributed by atoms with van der Waals surface area (Å²) in [7, 11) is 0. The van der Waals surface area contributed by atoms with Gasteiger partial charge in [-0.15, -0.1) is 0 Å². The summed E-state index contributed by atoms with van der Waals surface area (Å²) in [4.78, 5) is 29.1. The van der Waals surface area contributed by atoms with E-state index in [0.717, 1.165) is 19.4 Å². The number of carboxylic acid groups (broad SMARTS) is 1. The average Bonchev–Trinajstić information content (AvgIpc) is 3.34. The molecule has 2 saturated heterocycles. The summed E-state index contributed by atoms with van der Waals surface area (Å²) in [6.45, 7) is 1.96. The maximum Gasteiger partial charge on any atom is 0.313 e. The highest BCUT2D eigenvalue weighted by Crippen LogP contribution is 2.45. The van der Waals surface area contributed by atoms with Crippen LogP contribution < -0.4 is 0 Å². The van der Waals surface area contributed by atoms with Crippen LogP contribution in [0.2, 0.25) is 0 Å². The number of carboxylic acids is 1. The first-order valence-electron chi connectivity index (χ1n) is 9.31. The van der Waals surface area contributed by atoms with Crippen molar-refractivity contribution in [2.24, 2.45) is 11.3 Å². The summed E-state index contributed by atoms with van der Waals surface area (Å²) in [5, 5.41) is 19.2. The number of carbonyl (C=O) groups is 2. The third-order valence-electron chi connectivity index (χ3n) is 6.47. The molecule has 0 aromatic heterocycles. The van der Waals surface area contributed by atoms with Crippen molar-refractivity contribution in [3.8, 4) is 6.07 Å². The van der Waals surface area contributed by atoms with Gasteiger partial charge < -0.3 is 10.0 Å². The van der Waals surface area contributed by atoms with E-state index in [4.69, 9.17) is 0 Å². The van der Waals surface area contributed by atoms with E-state index < -0.39 is 11.4 Å². The van der Waals surface area contributed by atoms with Gasteiger partial charge in [0.1, 0.15) is 5.41 Å². The molecule has 2 aliphatic heterocycles. The van der Waals surface area contributed by atoms with Gasteiger partial charge in [-0.25, -0.2) is 0 Å². The Morgan fingerprint density at radius 3 is 2.54 bits per heavy atom. The van der Waals surface area contributed by atoms with Gasteiger partial charge in [-0.3, -0.25) is 14.5 Å². The molecular formula is C20H23N3O3. The number of likely N-dealkylation sites (tertiary alicyclic amines) is 2. The van der Waals surface area contributed by atoms with Crippen LogP contribution in [0, 0.1) is 22.7 Å². The highest BCUT2D eigenvalue weighted by atomic mass is 16.4. The molecular weight excluding hydrogens is 330 g/mol. The molecule has 1 N–H and O–H groups in total. The standard InChI is InChI=1S/C20H23N3O3/c21-9-14-5-1-4-8-17(14)18(24)23-11-15-10-22(16-6-2-3-7-16)12-20(15,13-23)19(25)26/h1,4-5,8,15-16H,2-3,6-7,10-13H2,(H,25,26)/t15-,20-/m1/s1. The van der Waals surface area contributed by atoms with E-state index in [0.29, 0.717) is 30.3 Å². The molecule has 26 heavy (non-hydrogen) atoms. The van der Waals surface area contributed by atoms with Crippen LogP contribution >= 0.6 is 0 Å². The first-order chi connectivity index (χ1) is 12.5. The predicted molar refractivity (Wildman–Crippen MR) is 94.4 cm³/mol. The molecule has 0 unspecified atom stereocenters. The summed E-state index contributed by atoms with van der Waals surface area (Å²) in [6, 6.07) is 9.29. The van der Waals surface area contributed by atoms with Crippen molar-refractivity contribution in [1.82, 2.24) is 9.80 Å². The minimum absolute atomic E-state index is 0.0428. The monoisotopic (exact) mass is 353 g/mol. The highest BCUT2D eigenvalue weighted by molar-refractivity contribution is 5.97. The number of hydrogen-bond acceptors (Lipinski definition) is 4. The first kappa shape index (κ1) is 17.0. The molecule has 3 aliphatic rings. The maximum absolute atomic E-state index is 12.9. The second-order valence-electron chi connectivity index (χ2n) is 7.87. The van der Waals surface area contributed by atoms with Crippen LogP contribution in [0.5, 0.6) is 0 Å². The van der Waals surface area contributed by atoms with Crippen LogP contribution in [0.4, 0.5) is 0 Å². The van der Waals surface area contributed by atoms with Crippen molar-refractivity contribution >= 4 is 11.9 Å². The zero-order valence-electron chi connectivity index (χ0n) is 14.7. The number of nitriles is 1. The third-order valence-corrected chi connectivity index (χ3v) is 6.47. The molecule has 0 spiro atoms. The fourth-order valence-corrected chi connectivity index (χ4v) is 5.05. The molecule has 0 bridgehead atoms. The number of hydrogen-bond donors (Lipinski definition) is 1. The summed E-state index contributed by atoms with van der Waals surface area (Å²) in [5.41, 5.74) is -0.172. The smallest absolute Gasteiger partial charge is 0.313 e. The van der Waals surface area contributed by atoms with Gasteiger partial charge in [-0.2, -0.15) is 5.26 Å². The topological polar surface area (TPSA) is 84.6 Å². The highest BCUT2D eigenvalue weighted by Gasteiger charge is 2.59. The van der Waals surface area contributed by atoms with E-state index in [9.17, 15) is 20.0 Å². The van der Waals surface area contributed by atoms with Crippen LogP contribution in [-0.4, -0.2) is 59.0 Å². The molecule has 2 heterocycles. The second-order valence-corrected chi connectivity index (χ2v) is 7.87. The van der Waals surface area contributed by atoms with Crippen LogP contribution in [0.1, 0.15) is 41.6 Å². The quantitative estimate of drug-likeness (QED) is 0.898. The SMILES string of the molecule is N#Cc1ccccc1C(=O)N1C[C@H]2CN(C3CCCC3)C[C@@]2(C(=O)O)C1. The first-order valence-corrected chi connectivity index (χ1v) is 9.31. The number of rotatable bonds is 3. The zero-order valence-corrected chi connectivity index (χ0v) is 14.7. The van der Waals surface area contributed by atoms with Gasteiger partial charge in [0.25, 0.3) is 5.91 Å². The molecule has 136 valence electrons. The lowest BCUT2D eigenvalue weighted by Crippen LogP contribution is -2.43. The summed E-state index contributed by atoms with van der Waals surface area (Å²) in [6.07, 6.45) is 4.75. The van der Waals surface area contributed by atoms with E-state index in [1.54, 1.807) is 29.2 Å². The van der Waals surface area contributed by atoms with Gasteiger partial charge in [0.15, 0.2) is 0 Å². The molecule has 1 aromatic carbocycles. The van der Waals surface area contributed by atoms with Crippen molar-refractivity contribution in [1.29, 1.82) is 5.26 Å². The number of fused-ring (bicyclic) bond motifs is 1. The van der Waals surface area contributed by atoms with Crippen molar-refractivity contribution in [3.63, 3.8) is 0 Å². The summed E-state index contributed by atoms with van der Waals surface area (Å²) >= 11 is 0. The lowest BCUT2D eigenvalue weighted by atomic mass is 9.81. The lowest BCUT2D eigenvalue weighted by Gasteiger charge is -2.28. The van der Waals surface area contributed by atoms with E-state index >= 15 is 0 Å². The molecule has 1 aromatic rings. The Morgan fingerprint density at radius 1 is 1.15 bits per heavy atom. The Hall–Kier alpha value is -2.39. The number of amides is 1. The third kappa shape index (κ3) is 2.58. The van der Waals surface area contributed by atoms with Gasteiger partial charge in [-0.1, -0.05) is 25.0 Å². The largest absolute Gasteiger partial charge is 0.481 e. The van der Waals surface area contributed by atoms with Gasteiger partial charge in [0.2, 0.25) is 0 Å². The van der Waals surface area contributed by atoms with E-state index in [1.807, 2.05) is 0 Å². The van der Waals surface area contributed by atoms with Crippen molar-refractivity contribution in [3.05, 3.63) is 35.4 Å². The number of aliphatic carboxylic acids is 1. The normalized spacial score (nSPS) is 28.9. The summed E-state index contributed by atoms with van der Waals surface area (Å²) < 4.78 is 0. The average molecular weight is 353 g/mol. The molecule has 4 rings (SSSR count). The minimum atomic E-state index is -0.875. The molecule has 1 aliphatic carbocycles.